The van der Waals surface area contributed by atoms with Crippen LogP contribution in [0.15, 0.2) is 0 Å². The molecule has 10 heavy (non-hydrogen) atoms. The van der Waals surface area contributed by atoms with Crippen molar-refractivity contribution < 1.29 is 0 Å². The van der Waals surface area contributed by atoms with E-state index in [-0.39, 0.29) is 0 Å². The lowest BCUT2D eigenvalue weighted by molar-refractivity contribution is 0.348. The Hall–Kier alpha value is 0.270. The first-order chi connectivity index (χ1) is 4.86. The summed E-state index contributed by atoms with van der Waals surface area (Å²) in [6.45, 7) is 5.85. The molecule has 0 spiro atoms. The van der Waals surface area contributed by atoms with E-state index in [1.165, 1.54) is 26.1 Å². The molecule has 0 aromatic heterocycles. The lowest BCUT2D eigenvalue weighted by Gasteiger charge is -2.12. The van der Waals surface area contributed by atoms with Crippen LogP contribution in [0, 0.1) is 0 Å². The molecule has 1 fully saturated rings. The fourth-order valence-corrected chi connectivity index (χ4v) is 1.67. The van der Waals surface area contributed by atoms with E-state index in [1.807, 2.05) is 0 Å². The average Bonchev–Trinajstić information content (AvgIpc) is 2.37. The zero-order valence-electron chi connectivity index (χ0n) is 6.51. The Morgan fingerprint density at radius 2 is 2.50 bits per heavy atom. The van der Waals surface area contributed by atoms with Gasteiger partial charge in [0.2, 0.25) is 0 Å². The zero-order chi connectivity index (χ0) is 7.40. The van der Waals surface area contributed by atoms with E-state index in [4.69, 9.17) is 0 Å². The SMILES string of the molecule is CCN1CCC(NCS)C1. The highest BCUT2D eigenvalue weighted by Gasteiger charge is 2.19. The number of likely N-dealkylation sites (N-methyl/N-ethyl adjacent to an activating group) is 1. The van der Waals surface area contributed by atoms with Crippen molar-refractivity contribution in [1.29, 1.82) is 0 Å². The lowest BCUT2D eigenvalue weighted by atomic mass is 10.3. The Labute approximate surface area is 68.4 Å². The van der Waals surface area contributed by atoms with Crippen LogP contribution >= 0.6 is 12.6 Å². The van der Waals surface area contributed by atoms with Crippen LogP contribution < -0.4 is 5.32 Å². The van der Waals surface area contributed by atoms with Gasteiger partial charge in [-0.3, -0.25) is 0 Å². The fourth-order valence-electron chi connectivity index (χ4n) is 1.42. The number of nitrogens with zero attached hydrogens (tertiary/aromatic N) is 1. The van der Waals surface area contributed by atoms with Gasteiger partial charge in [-0.25, -0.2) is 0 Å². The van der Waals surface area contributed by atoms with Gasteiger partial charge in [0.05, 0.1) is 0 Å². The summed E-state index contributed by atoms with van der Waals surface area (Å²) in [5.74, 6) is 0.808. The number of nitrogens with one attached hydrogen (secondary N) is 1. The van der Waals surface area contributed by atoms with Gasteiger partial charge >= 0.3 is 0 Å². The van der Waals surface area contributed by atoms with Crippen LogP contribution in [0.25, 0.3) is 0 Å². The van der Waals surface area contributed by atoms with Crippen molar-refractivity contribution in [3.8, 4) is 0 Å². The van der Waals surface area contributed by atoms with Crippen molar-refractivity contribution in [3.63, 3.8) is 0 Å². The molecule has 0 amide bonds. The smallest absolute Gasteiger partial charge is 0.0390 e. The van der Waals surface area contributed by atoms with Gasteiger partial charge in [0.25, 0.3) is 0 Å². The number of hydrogen-bond acceptors (Lipinski definition) is 3. The van der Waals surface area contributed by atoms with Crippen LogP contribution in [0.3, 0.4) is 0 Å². The summed E-state index contributed by atoms with van der Waals surface area (Å²) in [5.41, 5.74) is 0. The van der Waals surface area contributed by atoms with Crippen molar-refractivity contribution in [3.05, 3.63) is 0 Å². The van der Waals surface area contributed by atoms with Crippen LogP contribution in [0.1, 0.15) is 13.3 Å². The molecule has 0 saturated carbocycles. The molecule has 1 saturated heterocycles. The summed E-state index contributed by atoms with van der Waals surface area (Å²) >= 11 is 4.12. The van der Waals surface area contributed by atoms with Crippen LogP contribution in [-0.2, 0) is 0 Å². The molecule has 1 aliphatic heterocycles. The van der Waals surface area contributed by atoms with Crippen LogP contribution in [0.4, 0.5) is 0 Å². The number of likely N-dealkylation sites (tertiary alicyclic amines) is 1. The van der Waals surface area contributed by atoms with E-state index in [2.05, 4.69) is 29.8 Å². The van der Waals surface area contributed by atoms with Crippen molar-refractivity contribution in [2.24, 2.45) is 0 Å². The van der Waals surface area contributed by atoms with Crippen LogP contribution in [0.5, 0.6) is 0 Å². The van der Waals surface area contributed by atoms with Crippen molar-refractivity contribution in [1.82, 2.24) is 10.2 Å². The Morgan fingerprint density at radius 3 is 3.00 bits per heavy atom. The number of thiol groups is 1. The maximum absolute atomic E-state index is 4.12. The predicted molar refractivity (Wildman–Crippen MR) is 47.5 cm³/mol. The average molecular weight is 160 g/mol. The van der Waals surface area contributed by atoms with Crippen LogP contribution in [0.2, 0.25) is 0 Å². The molecule has 1 heterocycles. The van der Waals surface area contributed by atoms with Crippen molar-refractivity contribution >= 4 is 12.6 Å². The molecule has 1 aliphatic rings. The molecular weight excluding hydrogens is 144 g/mol. The van der Waals surface area contributed by atoms with Gasteiger partial charge in [0, 0.05) is 18.5 Å². The summed E-state index contributed by atoms with van der Waals surface area (Å²) in [4.78, 5) is 2.46. The van der Waals surface area contributed by atoms with E-state index in [1.54, 1.807) is 0 Å². The maximum Gasteiger partial charge on any atom is 0.0390 e. The molecule has 0 radical (unpaired) electrons. The first-order valence-corrected chi connectivity index (χ1v) is 4.56. The largest absolute Gasteiger partial charge is 0.304 e. The second-order valence-corrected chi connectivity index (χ2v) is 3.06. The highest BCUT2D eigenvalue weighted by atomic mass is 32.1. The van der Waals surface area contributed by atoms with Gasteiger partial charge in [-0.15, -0.1) is 0 Å². The van der Waals surface area contributed by atoms with E-state index in [9.17, 15) is 0 Å². The molecule has 1 N–H and O–H groups in total. The molecule has 0 aromatic rings. The lowest BCUT2D eigenvalue weighted by Crippen LogP contribution is -2.31. The van der Waals surface area contributed by atoms with Gasteiger partial charge in [0.15, 0.2) is 0 Å². The summed E-state index contributed by atoms with van der Waals surface area (Å²) in [7, 11) is 0. The first-order valence-electron chi connectivity index (χ1n) is 3.93. The third-order valence-corrected chi connectivity index (χ3v) is 2.28. The monoisotopic (exact) mass is 160 g/mol. The normalized spacial score (nSPS) is 27.6. The molecule has 60 valence electrons. The molecule has 1 atom stereocenters. The predicted octanol–water partition coefficient (Wildman–Crippen LogP) is 0.557. The van der Waals surface area contributed by atoms with Crippen LogP contribution in [-0.4, -0.2) is 36.5 Å². The van der Waals surface area contributed by atoms with E-state index < -0.39 is 0 Å². The molecule has 1 rings (SSSR count). The molecular formula is C7H16N2S. The molecule has 0 aliphatic carbocycles. The Morgan fingerprint density at radius 1 is 1.70 bits per heavy atom. The summed E-state index contributed by atoms with van der Waals surface area (Å²) in [6, 6.07) is 0.692. The standard InChI is InChI=1S/C7H16N2S/c1-2-9-4-3-7(5-9)8-6-10/h7-8,10H,2-6H2,1H3. The van der Waals surface area contributed by atoms with E-state index in [0.717, 1.165) is 5.88 Å². The quantitative estimate of drug-likeness (QED) is 0.463. The summed E-state index contributed by atoms with van der Waals surface area (Å²) in [6.07, 6.45) is 1.29. The number of hydrogen-bond donors (Lipinski definition) is 2. The van der Waals surface area contributed by atoms with E-state index >= 15 is 0 Å². The topological polar surface area (TPSA) is 15.3 Å². The Balaban J connectivity index is 2.15. The molecule has 1 unspecified atom stereocenters. The van der Waals surface area contributed by atoms with Gasteiger partial charge < -0.3 is 10.2 Å². The first kappa shape index (κ1) is 8.37. The van der Waals surface area contributed by atoms with Gasteiger partial charge in [0.1, 0.15) is 0 Å². The Bertz CT molecular complexity index is 97.6. The third kappa shape index (κ3) is 2.15. The minimum Gasteiger partial charge on any atom is -0.304 e. The van der Waals surface area contributed by atoms with Gasteiger partial charge in [-0.1, -0.05) is 6.92 Å². The minimum absolute atomic E-state index is 0.692. The molecule has 3 heteroatoms. The molecule has 2 nitrogen and oxygen atoms in total. The third-order valence-electron chi connectivity index (χ3n) is 2.10. The highest BCUT2D eigenvalue weighted by Crippen LogP contribution is 2.07. The molecule has 0 bridgehead atoms. The zero-order valence-corrected chi connectivity index (χ0v) is 7.40. The second kappa shape index (κ2) is 4.21. The van der Waals surface area contributed by atoms with Crippen molar-refractivity contribution in [2.45, 2.75) is 19.4 Å². The summed E-state index contributed by atoms with van der Waals surface area (Å²) < 4.78 is 0. The Kier molecular flexibility index (Phi) is 3.52. The van der Waals surface area contributed by atoms with Gasteiger partial charge in [-0.05, 0) is 19.5 Å². The molecule has 0 aromatic carbocycles. The minimum atomic E-state index is 0.692. The fraction of sp³-hybridized carbons (Fsp3) is 1.00. The summed E-state index contributed by atoms with van der Waals surface area (Å²) in [5, 5.41) is 3.33. The van der Waals surface area contributed by atoms with Crippen molar-refractivity contribution in [2.75, 3.05) is 25.5 Å². The maximum atomic E-state index is 4.12. The van der Waals surface area contributed by atoms with Gasteiger partial charge in [-0.2, -0.15) is 12.6 Å². The van der Waals surface area contributed by atoms with E-state index in [0.29, 0.717) is 6.04 Å². The number of rotatable bonds is 3. The second-order valence-electron chi connectivity index (χ2n) is 2.74. The highest BCUT2D eigenvalue weighted by molar-refractivity contribution is 7.80.